The summed E-state index contributed by atoms with van der Waals surface area (Å²) in [5.74, 6) is -0.916. The molecular weight excluding hydrogens is 212 g/mol. The van der Waals surface area contributed by atoms with E-state index >= 15 is 0 Å². The zero-order valence-corrected chi connectivity index (χ0v) is 12.1. The first kappa shape index (κ1) is 16.5. The maximum Gasteiger partial charge on any atom is 0.306 e. The number of aliphatic carboxylic acids is 1. The van der Waals surface area contributed by atoms with Crippen molar-refractivity contribution in [2.75, 3.05) is 0 Å². The summed E-state index contributed by atoms with van der Waals surface area (Å²) < 4.78 is 0. The third kappa shape index (κ3) is 7.40. The lowest BCUT2D eigenvalue weighted by Gasteiger charge is -2.28. The van der Waals surface area contributed by atoms with E-state index in [-0.39, 0.29) is 11.3 Å². The van der Waals surface area contributed by atoms with Crippen molar-refractivity contribution in [3.8, 4) is 0 Å². The van der Waals surface area contributed by atoms with Crippen LogP contribution in [0.5, 0.6) is 0 Å². The van der Waals surface area contributed by atoms with Gasteiger partial charge in [0.25, 0.3) is 0 Å². The van der Waals surface area contributed by atoms with E-state index in [1.165, 1.54) is 38.5 Å². The average molecular weight is 242 g/mol. The predicted octanol–water partition coefficient (Wildman–Crippen LogP) is 4.87. The van der Waals surface area contributed by atoms with Crippen molar-refractivity contribution in [2.45, 2.75) is 79.1 Å². The van der Waals surface area contributed by atoms with E-state index in [2.05, 4.69) is 20.8 Å². The van der Waals surface area contributed by atoms with Crippen LogP contribution in [0.4, 0.5) is 0 Å². The molecule has 1 atom stereocenters. The third-order valence-corrected chi connectivity index (χ3v) is 3.97. The van der Waals surface area contributed by atoms with Crippen molar-refractivity contribution in [2.24, 2.45) is 11.3 Å². The molecule has 17 heavy (non-hydrogen) atoms. The Morgan fingerprint density at radius 3 is 2.00 bits per heavy atom. The van der Waals surface area contributed by atoms with Crippen molar-refractivity contribution >= 4 is 5.97 Å². The maximum atomic E-state index is 11.0. The molecule has 2 nitrogen and oxygen atoms in total. The normalized spacial score (nSPS) is 13.6. The first-order valence-electron chi connectivity index (χ1n) is 7.14. The summed E-state index contributed by atoms with van der Waals surface area (Å²) in [7, 11) is 0. The predicted molar refractivity (Wildman–Crippen MR) is 73.2 cm³/mol. The fourth-order valence-electron chi connectivity index (χ4n) is 2.09. The molecule has 0 aromatic rings. The number of carbonyl (C=O) groups is 1. The van der Waals surface area contributed by atoms with E-state index in [4.69, 9.17) is 5.11 Å². The van der Waals surface area contributed by atoms with E-state index in [1.54, 1.807) is 0 Å². The fourth-order valence-corrected chi connectivity index (χ4v) is 2.09. The topological polar surface area (TPSA) is 37.3 Å². The molecule has 1 unspecified atom stereocenters. The number of carboxylic acid groups (broad SMARTS) is 1. The van der Waals surface area contributed by atoms with E-state index < -0.39 is 5.97 Å². The summed E-state index contributed by atoms with van der Waals surface area (Å²) in [5.41, 5.74) is -0.0742. The van der Waals surface area contributed by atoms with Crippen molar-refractivity contribution in [3.63, 3.8) is 0 Å². The van der Waals surface area contributed by atoms with Gasteiger partial charge in [-0.1, -0.05) is 72.6 Å². The highest BCUT2D eigenvalue weighted by Gasteiger charge is 2.30. The second kappa shape index (κ2) is 8.54. The molecule has 0 spiro atoms. The van der Waals surface area contributed by atoms with Crippen LogP contribution in [0.3, 0.4) is 0 Å². The third-order valence-electron chi connectivity index (χ3n) is 3.97. The lowest BCUT2D eigenvalue weighted by atomic mass is 9.76. The van der Waals surface area contributed by atoms with Crippen LogP contribution in [0.2, 0.25) is 0 Å². The molecular formula is C15H30O2. The highest BCUT2D eigenvalue weighted by molar-refractivity contribution is 5.70. The van der Waals surface area contributed by atoms with E-state index in [9.17, 15) is 4.79 Å². The van der Waals surface area contributed by atoms with Gasteiger partial charge in [-0.25, -0.2) is 0 Å². The van der Waals surface area contributed by atoms with Crippen molar-refractivity contribution < 1.29 is 9.90 Å². The summed E-state index contributed by atoms with van der Waals surface area (Å²) in [4.78, 5) is 11.0. The standard InChI is InChI=1S/C15H30O2/c1-5-6-7-8-9-10-11-12-15(3,4)13(2)14(16)17/h13H,5-12H2,1-4H3,(H,16,17). The molecule has 0 fully saturated rings. The van der Waals surface area contributed by atoms with Gasteiger partial charge in [0, 0.05) is 0 Å². The molecule has 1 N–H and O–H groups in total. The Hall–Kier alpha value is -0.530. The summed E-state index contributed by atoms with van der Waals surface area (Å²) in [5, 5.41) is 9.02. The molecule has 0 bridgehead atoms. The summed E-state index contributed by atoms with van der Waals surface area (Å²) >= 11 is 0. The monoisotopic (exact) mass is 242 g/mol. The highest BCUT2D eigenvalue weighted by atomic mass is 16.4. The second-order valence-corrected chi connectivity index (χ2v) is 5.92. The minimum absolute atomic E-state index is 0.0742. The van der Waals surface area contributed by atoms with Gasteiger partial charge in [-0.3, -0.25) is 4.79 Å². The lowest BCUT2D eigenvalue weighted by Crippen LogP contribution is -2.28. The molecule has 2 heteroatoms. The molecule has 102 valence electrons. The molecule has 0 saturated heterocycles. The average Bonchev–Trinajstić information content (AvgIpc) is 2.26. The second-order valence-electron chi connectivity index (χ2n) is 5.92. The Labute approximate surface area is 107 Å². The quantitative estimate of drug-likeness (QED) is 0.555. The molecule has 0 saturated carbocycles. The minimum atomic E-state index is -0.669. The van der Waals surface area contributed by atoms with Crippen LogP contribution >= 0.6 is 0 Å². The Morgan fingerprint density at radius 1 is 1.06 bits per heavy atom. The molecule has 0 aliphatic carbocycles. The Morgan fingerprint density at radius 2 is 1.53 bits per heavy atom. The first-order valence-corrected chi connectivity index (χ1v) is 7.14. The van der Waals surface area contributed by atoms with Crippen LogP contribution < -0.4 is 0 Å². The number of carboxylic acids is 1. The fraction of sp³-hybridized carbons (Fsp3) is 0.933. The largest absolute Gasteiger partial charge is 0.481 e. The van der Waals surface area contributed by atoms with Crippen LogP contribution in [0.1, 0.15) is 79.1 Å². The van der Waals surface area contributed by atoms with E-state index in [0.717, 1.165) is 12.8 Å². The van der Waals surface area contributed by atoms with E-state index in [1.807, 2.05) is 6.92 Å². The van der Waals surface area contributed by atoms with Gasteiger partial charge < -0.3 is 5.11 Å². The summed E-state index contributed by atoms with van der Waals surface area (Å²) in [6.45, 7) is 8.20. The molecule has 0 aliphatic rings. The van der Waals surface area contributed by atoms with Crippen LogP contribution in [-0.4, -0.2) is 11.1 Å². The Kier molecular flexibility index (Phi) is 8.28. The smallest absolute Gasteiger partial charge is 0.306 e. The zero-order valence-electron chi connectivity index (χ0n) is 12.1. The maximum absolute atomic E-state index is 11.0. The van der Waals surface area contributed by atoms with E-state index in [0.29, 0.717) is 0 Å². The molecule has 0 aromatic heterocycles. The van der Waals surface area contributed by atoms with Crippen molar-refractivity contribution in [1.82, 2.24) is 0 Å². The van der Waals surface area contributed by atoms with Crippen molar-refractivity contribution in [1.29, 1.82) is 0 Å². The van der Waals surface area contributed by atoms with Crippen molar-refractivity contribution in [3.05, 3.63) is 0 Å². The zero-order chi connectivity index (χ0) is 13.3. The number of rotatable bonds is 10. The molecule has 0 radical (unpaired) electrons. The summed E-state index contributed by atoms with van der Waals surface area (Å²) in [6.07, 6.45) is 10.1. The Bertz CT molecular complexity index is 209. The molecule has 0 amide bonds. The summed E-state index contributed by atoms with van der Waals surface area (Å²) in [6, 6.07) is 0. The SMILES string of the molecule is CCCCCCCCCC(C)(C)C(C)C(=O)O. The number of unbranched alkanes of at least 4 members (excludes halogenated alkanes) is 6. The van der Waals surface area contributed by atoms with Gasteiger partial charge in [-0.15, -0.1) is 0 Å². The molecule has 0 aliphatic heterocycles. The van der Waals surface area contributed by atoms with Gasteiger partial charge in [0.15, 0.2) is 0 Å². The Balaban J connectivity index is 3.62. The van der Waals surface area contributed by atoms with Gasteiger partial charge in [-0.05, 0) is 11.8 Å². The van der Waals surface area contributed by atoms with Gasteiger partial charge in [0.05, 0.1) is 5.92 Å². The lowest BCUT2D eigenvalue weighted by molar-refractivity contribution is -0.145. The molecule has 0 rings (SSSR count). The minimum Gasteiger partial charge on any atom is -0.481 e. The first-order chi connectivity index (χ1) is 7.91. The van der Waals surface area contributed by atoms with Crippen LogP contribution in [0.15, 0.2) is 0 Å². The van der Waals surface area contributed by atoms with Gasteiger partial charge in [0.2, 0.25) is 0 Å². The van der Waals surface area contributed by atoms with Crippen LogP contribution in [0.25, 0.3) is 0 Å². The van der Waals surface area contributed by atoms with Gasteiger partial charge in [0.1, 0.15) is 0 Å². The number of hydrogen-bond donors (Lipinski definition) is 1. The van der Waals surface area contributed by atoms with Gasteiger partial charge >= 0.3 is 5.97 Å². The van der Waals surface area contributed by atoms with Crippen LogP contribution in [-0.2, 0) is 4.79 Å². The van der Waals surface area contributed by atoms with Gasteiger partial charge in [-0.2, -0.15) is 0 Å². The highest BCUT2D eigenvalue weighted by Crippen LogP contribution is 2.32. The van der Waals surface area contributed by atoms with Crippen LogP contribution in [0, 0.1) is 11.3 Å². The molecule has 0 heterocycles. The molecule has 0 aromatic carbocycles. The number of hydrogen-bond acceptors (Lipinski definition) is 1.